The van der Waals surface area contributed by atoms with Crippen LogP contribution in [0.15, 0.2) is 17.5 Å². The summed E-state index contributed by atoms with van der Waals surface area (Å²) in [7, 11) is 0. The Morgan fingerprint density at radius 3 is 2.81 bits per heavy atom. The van der Waals surface area contributed by atoms with Gasteiger partial charge in [0, 0.05) is 17.3 Å². The fraction of sp³-hybridized carbons (Fsp3) is 0.583. The first-order chi connectivity index (χ1) is 7.75. The SMILES string of the molecule is NC(=S)C1CCN(CCc2cccs2)CC1. The summed E-state index contributed by atoms with van der Waals surface area (Å²) in [5.74, 6) is 0.480. The van der Waals surface area contributed by atoms with Gasteiger partial charge in [0.15, 0.2) is 0 Å². The second kappa shape index (κ2) is 5.75. The smallest absolute Gasteiger partial charge is 0.0759 e. The lowest BCUT2D eigenvalue weighted by molar-refractivity contribution is 0.212. The molecular formula is C12H18N2S2. The lowest BCUT2D eigenvalue weighted by Gasteiger charge is -2.31. The van der Waals surface area contributed by atoms with Crippen LogP contribution >= 0.6 is 23.6 Å². The van der Waals surface area contributed by atoms with Gasteiger partial charge in [0.1, 0.15) is 0 Å². The topological polar surface area (TPSA) is 29.3 Å². The predicted octanol–water partition coefficient (Wildman–Crippen LogP) is 2.29. The fourth-order valence-electron chi connectivity index (χ4n) is 2.16. The van der Waals surface area contributed by atoms with Gasteiger partial charge in [0.05, 0.1) is 4.99 Å². The molecule has 1 aromatic heterocycles. The van der Waals surface area contributed by atoms with Crippen molar-refractivity contribution in [2.45, 2.75) is 19.3 Å². The molecule has 0 aliphatic carbocycles. The average Bonchev–Trinajstić information content (AvgIpc) is 2.80. The van der Waals surface area contributed by atoms with Gasteiger partial charge in [-0.3, -0.25) is 0 Å². The Hall–Kier alpha value is -0.450. The number of piperidine rings is 1. The summed E-state index contributed by atoms with van der Waals surface area (Å²) in [6.45, 7) is 3.46. The van der Waals surface area contributed by atoms with Crippen LogP contribution in [0.1, 0.15) is 17.7 Å². The third-order valence-electron chi connectivity index (χ3n) is 3.24. The second-order valence-electron chi connectivity index (χ2n) is 4.35. The number of thiocarbonyl (C=S) groups is 1. The van der Waals surface area contributed by atoms with Gasteiger partial charge in [0.2, 0.25) is 0 Å². The lowest BCUT2D eigenvalue weighted by atomic mass is 9.97. The Morgan fingerprint density at radius 1 is 1.50 bits per heavy atom. The van der Waals surface area contributed by atoms with Crippen molar-refractivity contribution in [3.05, 3.63) is 22.4 Å². The highest BCUT2D eigenvalue weighted by atomic mass is 32.1. The van der Waals surface area contributed by atoms with Gasteiger partial charge in [-0.15, -0.1) is 11.3 Å². The van der Waals surface area contributed by atoms with Gasteiger partial charge < -0.3 is 10.6 Å². The van der Waals surface area contributed by atoms with Crippen LogP contribution < -0.4 is 5.73 Å². The highest BCUT2D eigenvalue weighted by Gasteiger charge is 2.20. The predicted molar refractivity (Wildman–Crippen MR) is 74.0 cm³/mol. The molecule has 1 aromatic rings. The summed E-state index contributed by atoms with van der Waals surface area (Å²) < 4.78 is 0. The highest BCUT2D eigenvalue weighted by Crippen LogP contribution is 2.18. The van der Waals surface area contributed by atoms with Crippen molar-refractivity contribution in [2.24, 2.45) is 11.7 Å². The third-order valence-corrected chi connectivity index (χ3v) is 4.51. The second-order valence-corrected chi connectivity index (χ2v) is 5.85. The Kier molecular flexibility index (Phi) is 4.32. The number of nitrogens with zero attached hydrogens (tertiary/aromatic N) is 1. The number of nitrogens with two attached hydrogens (primary N) is 1. The molecule has 0 amide bonds. The van der Waals surface area contributed by atoms with Crippen LogP contribution in [0.5, 0.6) is 0 Å². The minimum absolute atomic E-state index is 0.480. The summed E-state index contributed by atoms with van der Waals surface area (Å²) >= 11 is 6.89. The molecule has 2 heterocycles. The summed E-state index contributed by atoms with van der Waals surface area (Å²) in [6.07, 6.45) is 3.45. The number of rotatable bonds is 4. The van der Waals surface area contributed by atoms with E-state index >= 15 is 0 Å². The van der Waals surface area contributed by atoms with Crippen LogP contribution in [0, 0.1) is 5.92 Å². The summed E-state index contributed by atoms with van der Waals surface area (Å²) in [6, 6.07) is 4.34. The Bertz CT molecular complexity index is 327. The van der Waals surface area contributed by atoms with Crippen molar-refractivity contribution >= 4 is 28.5 Å². The van der Waals surface area contributed by atoms with E-state index in [-0.39, 0.29) is 0 Å². The van der Waals surface area contributed by atoms with Crippen LogP contribution in [0.2, 0.25) is 0 Å². The molecule has 0 saturated carbocycles. The van der Waals surface area contributed by atoms with Crippen molar-refractivity contribution in [3.8, 4) is 0 Å². The van der Waals surface area contributed by atoms with Crippen molar-refractivity contribution in [2.75, 3.05) is 19.6 Å². The van der Waals surface area contributed by atoms with Gasteiger partial charge in [-0.25, -0.2) is 0 Å². The van der Waals surface area contributed by atoms with Crippen LogP contribution in [0.25, 0.3) is 0 Å². The summed E-state index contributed by atoms with van der Waals surface area (Å²) in [5.41, 5.74) is 5.68. The number of hydrogen-bond donors (Lipinski definition) is 1. The Labute approximate surface area is 106 Å². The Morgan fingerprint density at radius 2 is 2.25 bits per heavy atom. The third kappa shape index (κ3) is 3.27. The molecule has 1 saturated heterocycles. The van der Waals surface area contributed by atoms with E-state index in [0.29, 0.717) is 10.9 Å². The monoisotopic (exact) mass is 254 g/mol. The summed E-state index contributed by atoms with van der Waals surface area (Å²) in [4.78, 5) is 4.71. The highest BCUT2D eigenvalue weighted by molar-refractivity contribution is 7.80. The maximum Gasteiger partial charge on any atom is 0.0759 e. The number of thiophene rings is 1. The van der Waals surface area contributed by atoms with Crippen molar-refractivity contribution in [1.82, 2.24) is 4.90 Å². The molecular weight excluding hydrogens is 236 g/mol. The van der Waals surface area contributed by atoms with E-state index in [4.69, 9.17) is 18.0 Å². The first-order valence-electron chi connectivity index (χ1n) is 5.80. The van der Waals surface area contributed by atoms with Gasteiger partial charge in [-0.05, 0) is 43.8 Å². The molecule has 0 radical (unpaired) electrons. The molecule has 1 aliphatic heterocycles. The first kappa shape index (κ1) is 12.0. The average molecular weight is 254 g/mol. The normalized spacial score (nSPS) is 18.8. The fourth-order valence-corrected chi connectivity index (χ4v) is 3.10. The standard InChI is InChI=1S/C12H18N2S2/c13-12(15)10-3-6-14(7-4-10)8-5-11-2-1-9-16-11/h1-2,9-10H,3-8H2,(H2,13,15). The van der Waals surface area contributed by atoms with Crippen molar-refractivity contribution in [1.29, 1.82) is 0 Å². The molecule has 2 nitrogen and oxygen atoms in total. The maximum atomic E-state index is 5.68. The molecule has 16 heavy (non-hydrogen) atoms. The van der Waals surface area contributed by atoms with Gasteiger partial charge in [0.25, 0.3) is 0 Å². The van der Waals surface area contributed by atoms with Crippen LogP contribution in [0.4, 0.5) is 0 Å². The van der Waals surface area contributed by atoms with E-state index in [1.165, 1.54) is 17.8 Å². The van der Waals surface area contributed by atoms with Crippen LogP contribution in [0.3, 0.4) is 0 Å². The molecule has 1 fully saturated rings. The minimum atomic E-state index is 0.480. The minimum Gasteiger partial charge on any atom is -0.393 e. The molecule has 0 atom stereocenters. The molecule has 0 unspecified atom stereocenters. The molecule has 1 aliphatic rings. The van der Waals surface area contributed by atoms with Crippen molar-refractivity contribution < 1.29 is 0 Å². The zero-order valence-electron chi connectivity index (χ0n) is 9.39. The number of likely N-dealkylation sites (tertiary alicyclic amines) is 1. The van der Waals surface area contributed by atoms with Gasteiger partial charge in [-0.2, -0.15) is 0 Å². The molecule has 2 rings (SSSR count). The molecule has 0 bridgehead atoms. The van der Waals surface area contributed by atoms with E-state index < -0.39 is 0 Å². The van der Waals surface area contributed by atoms with Gasteiger partial charge in [-0.1, -0.05) is 18.3 Å². The lowest BCUT2D eigenvalue weighted by Crippen LogP contribution is -2.38. The van der Waals surface area contributed by atoms with Crippen molar-refractivity contribution in [3.63, 3.8) is 0 Å². The summed E-state index contributed by atoms with van der Waals surface area (Å²) in [5, 5.41) is 2.15. The number of hydrogen-bond acceptors (Lipinski definition) is 3. The van der Waals surface area contributed by atoms with E-state index in [9.17, 15) is 0 Å². The van der Waals surface area contributed by atoms with E-state index in [0.717, 1.165) is 25.9 Å². The molecule has 88 valence electrons. The zero-order chi connectivity index (χ0) is 11.4. The quantitative estimate of drug-likeness (QED) is 0.836. The molecule has 0 spiro atoms. The van der Waals surface area contributed by atoms with E-state index in [1.807, 2.05) is 11.3 Å². The maximum absolute atomic E-state index is 5.68. The Balaban J connectivity index is 1.71. The van der Waals surface area contributed by atoms with Gasteiger partial charge >= 0.3 is 0 Å². The van der Waals surface area contributed by atoms with Crippen LogP contribution in [-0.2, 0) is 6.42 Å². The molecule has 0 aromatic carbocycles. The van der Waals surface area contributed by atoms with Crippen LogP contribution in [-0.4, -0.2) is 29.5 Å². The molecule has 2 N–H and O–H groups in total. The van der Waals surface area contributed by atoms with E-state index in [2.05, 4.69) is 22.4 Å². The molecule has 4 heteroatoms. The first-order valence-corrected chi connectivity index (χ1v) is 7.08. The zero-order valence-corrected chi connectivity index (χ0v) is 11.0. The van der Waals surface area contributed by atoms with E-state index in [1.54, 1.807) is 0 Å². The largest absolute Gasteiger partial charge is 0.393 e.